The van der Waals surface area contributed by atoms with E-state index in [9.17, 15) is 4.79 Å². The molecule has 1 heterocycles. The largest absolute Gasteiger partial charge is 0.360 e. The van der Waals surface area contributed by atoms with E-state index in [0.717, 1.165) is 0 Å². The Balaban J connectivity index is 2.28. The molecule has 0 aliphatic heterocycles. The summed E-state index contributed by atoms with van der Waals surface area (Å²) >= 11 is 0. The Morgan fingerprint density at radius 2 is 2.13 bits per heavy atom. The van der Waals surface area contributed by atoms with Crippen LogP contribution in [0.5, 0.6) is 0 Å². The molecule has 0 atom stereocenters. The Kier molecular flexibility index (Phi) is 5.41. The molecule has 118 valence electrons. The molecule has 0 aliphatic carbocycles. The van der Waals surface area contributed by atoms with E-state index in [1.165, 1.54) is 6.20 Å². The lowest BCUT2D eigenvalue weighted by Gasteiger charge is -2.20. The van der Waals surface area contributed by atoms with Gasteiger partial charge in [-0.3, -0.25) is 4.79 Å². The number of hydrogen-bond donors (Lipinski definition) is 2. The molecule has 0 bridgehead atoms. The van der Waals surface area contributed by atoms with Gasteiger partial charge in [0.05, 0.1) is 11.3 Å². The predicted octanol–water partition coefficient (Wildman–Crippen LogP) is 1.66. The zero-order valence-corrected chi connectivity index (χ0v) is 12.9. The van der Waals surface area contributed by atoms with Crippen molar-refractivity contribution in [3.05, 3.63) is 41.9 Å². The number of tetrazole rings is 1. The number of aromatic amines is 1. The van der Waals surface area contributed by atoms with Gasteiger partial charge in [-0.1, -0.05) is 12.1 Å². The summed E-state index contributed by atoms with van der Waals surface area (Å²) in [4.78, 5) is 14.3. The molecule has 2 rings (SSSR count). The number of amides is 1. The van der Waals surface area contributed by atoms with Crippen LogP contribution in [0.1, 0.15) is 30.0 Å². The molecule has 8 heteroatoms. The van der Waals surface area contributed by atoms with Crippen molar-refractivity contribution in [1.82, 2.24) is 25.5 Å². The molecular formula is C15H17N7O. The number of H-pyrrole nitrogens is 1. The maximum Gasteiger partial charge on any atom is 0.255 e. The average Bonchev–Trinajstić information content (AvgIpc) is 3.11. The van der Waals surface area contributed by atoms with E-state index in [0.29, 0.717) is 24.3 Å². The lowest BCUT2D eigenvalue weighted by molar-refractivity contribution is 0.0774. The maximum atomic E-state index is 12.5. The highest BCUT2D eigenvalue weighted by Crippen LogP contribution is 2.18. The molecule has 0 aliphatic rings. The number of carbonyl (C=O) groups excluding carboxylic acids is 1. The fraction of sp³-hybridized carbons (Fsp3) is 0.267. The first-order chi connectivity index (χ1) is 11.2. The van der Waals surface area contributed by atoms with Gasteiger partial charge in [-0.25, -0.2) is 0 Å². The second-order valence-electron chi connectivity index (χ2n) is 4.57. The third-order valence-electron chi connectivity index (χ3n) is 3.29. The first-order valence-corrected chi connectivity index (χ1v) is 7.20. The van der Waals surface area contributed by atoms with Gasteiger partial charge in [-0.2, -0.15) is 10.5 Å². The summed E-state index contributed by atoms with van der Waals surface area (Å²) in [5.41, 5.74) is 1.36. The Hall–Kier alpha value is -3.21. The van der Waals surface area contributed by atoms with Gasteiger partial charge in [0, 0.05) is 19.3 Å². The van der Waals surface area contributed by atoms with E-state index in [1.54, 1.807) is 23.1 Å². The zero-order chi connectivity index (χ0) is 16.7. The number of carbonyl (C=O) groups is 1. The van der Waals surface area contributed by atoms with Gasteiger partial charge >= 0.3 is 0 Å². The summed E-state index contributed by atoms with van der Waals surface area (Å²) in [6.07, 6.45) is 1.46. The standard InChI is InChI=1S/C15H17N7O/c1-3-22(4-2)15(23)12-7-5-6-8-13(12)17-10-11(9-16)14-18-20-21-19-14/h5-8,10,17H,3-4H2,1-2H3,(H,18,19,20,21). The van der Waals surface area contributed by atoms with Crippen molar-refractivity contribution in [3.63, 3.8) is 0 Å². The summed E-state index contributed by atoms with van der Waals surface area (Å²) in [6, 6.07) is 9.13. The molecule has 2 aromatic rings. The van der Waals surface area contributed by atoms with Gasteiger partial charge < -0.3 is 10.2 Å². The van der Waals surface area contributed by atoms with E-state index in [1.807, 2.05) is 26.0 Å². The molecular weight excluding hydrogens is 294 g/mol. The lowest BCUT2D eigenvalue weighted by atomic mass is 10.1. The summed E-state index contributed by atoms with van der Waals surface area (Å²) < 4.78 is 0. The number of nitrogens with one attached hydrogen (secondary N) is 2. The SMILES string of the molecule is CCN(CC)C(=O)c1ccccc1NC=C(C#N)c1nn[nH]n1. The molecule has 0 saturated carbocycles. The zero-order valence-electron chi connectivity index (χ0n) is 12.9. The summed E-state index contributed by atoms with van der Waals surface area (Å²) in [5.74, 6) is 0.122. The third-order valence-corrected chi connectivity index (χ3v) is 3.29. The number of allylic oxidation sites excluding steroid dienone is 1. The van der Waals surface area contributed by atoms with Gasteiger partial charge in [-0.05, 0) is 31.2 Å². The van der Waals surface area contributed by atoms with Gasteiger partial charge in [0.15, 0.2) is 0 Å². The van der Waals surface area contributed by atoms with E-state index in [-0.39, 0.29) is 17.3 Å². The minimum atomic E-state index is -0.0652. The molecule has 0 radical (unpaired) electrons. The molecule has 8 nitrogen and oxygen atoms in total. The van der Waals surface area contributed by atoms with Crippen molar-refractivity contribution < 1.29 is 4.79 Å². The van der Waals surface area contributed by atoms with Crippen molar-refractivity contribution in [2.24, 2.45) is 0 Å². The van der Waals surface area contributed by atoms with Crippen molar-refractivity contribution in [2.45, 2.75) is 13.8 Å². The second kappa shape index (κ2) is 7.70. The maximum absolute atomic E-state index is 12.5. The van der Waals surface area contributed by atoms with Gasteiger partial charge in [0.2, 0.25) is 5.82 Å². The second-order valence-corrected chi connectivity index (χ2v) is 4.57. The molecule has 0 fully saturated rings. The van der Waals surface area contributed by atoms with Crippen LogP contribution in [0.25, 0.3) is 5.57 Å². The van der Waals surface area contributed by atoms with E-state index in [4.69, 9.17) is 5.26 Å². The first-order valence-electron chi connectivity index (χ1n) is 7.20. The minimum absolute atomic E-state index is 0.0652. The Morgan fingerprint density at radius 3 is 2.74 bits per heavy atom. The number of benzene rings is 1. The van der Waals surface area contributed by atoms with Crippen LogP contribution in [-0.2, 0) is 0 Å². The normalized spacial score (nSPS) is 10.9. The highest BCUT2D eigenvalue weighted by Gasteiger charge is 2.16. The van der Waals surface area contributed by atoms with Crippen molar-refractivity contribution in [3.8, 4) is 6.07 Å². The van der Waals surface area contributed by atoms with Gasteiger partial charge in [0.25, 0.3) is 5.91 Å². The minimum Gasteiger partial charge on any atom is -0.360 e. The molecule has 0 spiro atoms. The lowest BCUT2D eigenvalue weighted by Crippen LogP contribution is -2.30. The smallest absolute Gasteiger partial charge is 0.255 e. The Bertz CT molecular complexity index is 727. The number of aromatic nitrogens is 4. The topological polar surface area (TPSA) is 111 Å². The Morgan fingerprint density at radius 1 is 1.39 bits per heavy atom. The number of nitrogens with zero attached hydrogens (tertiary/aromatic N) is 5. The van der Waals surface area contributed by atoms with Gasteiger partial charge in [0.1, 0.15) is 11.6 Å². The summed E-state index contributed by atoms with van der Waals surface area (Å²) in [7, 11) is 0. The molecule has 23 heavy (non-hydrogen) atoms. The summed E-state index contributed by atoms with van der Waals surface area (Å²) in [6.45, 7) is 5.13. The summed E-state index contributed by atoms with van der Waals surface area (Å²) in [5, 5.41) is 25.4. The number of nitriles is 1. The van der Waals surface area contributed by atoms with Crippen molar-refractivity contribution >= 4 is 17.2 Å². The van der Waals surface area contributed by atoms with E-state index < -0.39 is 0 Å². The van der Waals surface area contributed by atoms with Crippen LogP contribution in [0.3, 0.4) is 0 Å². The van der Waals surface area contributed by atoms with Crippen LogP contribution in [0.4, 0.5) is 5.69 Å². The monoisotopic (exact) mass is 311 g/mol. The molecule has 1 aromatic heterocycles. The quantitative estimate of drug-likeness (QED) is 0.785. The third kappa shape index (κ3) is 3.71. The van der Waals surface area contributed by atoms with Crippen LogP contribution in [-0.4, -0.2) is 44.5 Å². The van der Waals surface area contributed by atoms with Crippen LogP contribution in [0.2, 0.25) is 0 Å². The van der Waals surface area contributed by atoms with E-state index >= 15 is 0 Å². The predicted molar refractivity (Wildman–Crippen MR) is 85.1 cm³/mol. The van der Waals surface area contributed by atoms with Crippen LogP contribution < -0.4 is 5.32 Å². The molecule has 2 N–H and O–H groups in total. The molecule has 0 unspecified atom stereocenters. The number of hydrogen-bond acceptors (Lipinski definition) is 6. The van der Waals surface area contributed by atoms with Crippen LogP contribution in [0, 0.1) is 11.3 Å². The van der Waals surface area contributed by atoms with Crippen molar-refractivity contribution in [1.29, 1.82) is 5.26 Å². The van der Waals surface area contributed by atoms with Crippen molar-refractivity contribution in [2.75, 3.05) is 18.4 Å². The molecule has 1 aromatic carbocycles. The fourth-order valence-electron chi connectivity index (χ4n) is 2.05. The van der Waals surface area contributed by atoms with E-state index in [2.05, 4.69) is 25.9 Å². The number of anilines is 1. The van der Waals surface area contributed by atoms with Crippen LogP contribution >= 0.6 is 0 Å². The fourth-order valence-corrected chi connectivity index (χ4v) is 2.05. The molecule has 0 saturated heterocycles. The number of para-hydroxylation sites is 1. The van der Waals surface area contributed by atoms with Gasteiger partial charge in [-0.15, -0.1) is 10.2 Å². The average molecular weight is 311 g/mol. The number of rotatable bonds is 6. The Labute approximate surface area is 133 Å². The molecule has 1 amide bonds. The first kappa shape index (κ1) is 16.2. The highest BCUT2D eigenvalue weighted by molar-refractivity contribution is 6.00. The highest BCUT2D eigenvalue weighted by atomic mass is 16.2. The van der Waals surface area contributed by atoms with Crippen LogP contribution in [0.15, 0.2) is 30.5 Å².